The Bertz CT molecular complexity index is 657. The third-order valence-electron chi connectivity index (χ3n) is 3.71. The number of allylic oxidation sites excluding steroid dienone is 4. The van der Waals surface area contributed by atoms with E-state index in [-0.39, 0.29) is 0 Å². The third kappa shape index (κ3) is 0.992. The minimum absolute atomic E-state index is 1.13. The lowest BCUT2D eigenvalue weighted by Crippen LogP contribution is -1.86. The highest BCUT2D eigenvalue weighted by molar-refractivity contribution is 5.92. The Morgan fingerprint density at radius 3 is 2.62 bits per heavy atom. The summed E-state index contributed by atoms with van der Waals surface area (Å²) in [6, 6.07) is 13.4. The van der Waals surface area contributed by atoms with Gasteiger partial charge in [-0.25, -0.2) is 0 Å². The molecule has 0 N–H and O–H groups in total. The minimum atomic E-state index is 1.13. The van der Waals surface area contributed by atoms with Crippen LogP contribution in [0.4, 0.5) is 0 Å². The smallest absolute Gasteiger partial charge is 0.00166 e. The number of hydrogen-bond acceptors (Lipinski definition) is 0. The molecule has 76 valence electrons. The van der Waals surface area contributed by atoms with Crippen molar-refractivity contribution in [2.24, 2.45) is 0 Å². The van der Waals surface area contributed by atoms with E-state index in [2.05, 4.69) is 48.6 Å². The topological polar surface area (TPSA) is 0 Å². The van der Waals surface area contributed by atoms with Crippen LogP contribution in [0.25, 0.3) is 16.3 Å². The lowest BCUT2D eigenvalue weighted by molar-refractivity contribution is 1.26. The van der Waals surface area contributed by atoms with Crippen LogP contribution in [0.1, 0.15) is 17.5 Å². The normalized spacial score (nSPS) is 17.0. The van der Waals surface area contributed by atoms with E-state index in [1.807, 2.05) is 0 Å². The van der Waals surface area contributed by atoms with Gasteiger partial charge in [0, 0.05) is 0 Å². The lowest BCUT2D eigenvalue weighted by atomic mass is 9.99. The third-order valence-corrected chi connectivity index (χ3v) is 3.71. The molecule has 4 rings (SSSR count). The van der Waals surface area contributed by atoms with Crippen LogP contribution in [0.15, 0.2) is 54.1 Å². The van der Waals surface area contributed by atoms with Gasteiger partial charge in [-0.05, 0) is 52.0 Å². The molecule has 0 atom stereocenters. The average molecular weight is 204 g/mol. The van der Waals surface area contributed by atoms with Gasteiger partial charge in [-0.1, -0.05) is 42.5 Å². The van der Waals surface area contributed by atoms with Crippen molar-refractivity contribution in [2.45, 2.75) is 12.8 Å². The molecule has 2 aromatic carbocycles. The van der Waals surface area contributed by atoms with Crippen LogP contribution in [-0.2, 0) is 6.42 Å². The molecule has 0 unspecified atom stereocenters. The van der Waals surface area contributed by atoms with Gasteiger partial charge >= 0.3 is 0 Å². The SMILES string of the molecule is C1=CC2=C(C1)c1cc3ccccc3cc1C2. The Morgan fingerprint density at radius 2 is 1.75 bits per heavy atom. The molecular weight excluding hydrogens is 192 g/mol. The van der Waals surface area contributed by atoms with Gasteiger partial charge in [0.25, 0.3) is 0 Å². The van der Waals surface area contributed by atoms with Crippen LogP contribution in [0.5, 0.6) is 0 Å². The summed E-state index contributed by atoms with van der Waals surface area (Å²) in [6.07, 6.45) is 6.83. The number of hydrogen-bond donors (Lipinski definition) is 0. The quantitative estimate of drug-likeness (QED) is 0.605. The standard InChI is InChI=1S/C16H12/c1-2-5-12-10-16-14(8-11(12)4-1)9-13-6-3-7-15(13)16/h1-6,8,10H,7,9H2. The van der Waals surface area contributed by atoms with Gasteiger partial charge in [0.2, 0.25) is 0 Å². The van der Waals surface area contributed by atoms with Crippen LogP contribution >= 0.6 is 0 Å². The van der Waals surface area contributed by atoms with E-state index in [1.165, 1.54) is 27.5 Å². The van der Waals surface area contributed by atoms with E-state index in [9.17, 15) is 0 Å². The molecule has 0 fully saturated rings. The molecule has 0 heteroatoms. The van der Waals surface area contributed by atoms with Gasteiger partial charge in [-0.2, -0.15) is 0 Å². The molecule has 0 saturated heterocycles. The summed E-state index contributed by atoms with van der Waals surface area (Å²) in [4.78, 5) is 0. The zero-order valence-corrected chi connectivity index (χ0v) is 9.03. The Balaban J connectivity index is 2.02. The lowest BCUT2D eigenvalue weighted by Gasteiger charge is -2.06. The van der Waals surface area contributed by atoms with Gasteiger partial charge in [0.1, 0.15) is 0 Å². The van der Waals surface area contributed by atoms with Gasteiger partial charge in [-0.3, -0.25) is 0 Å². The fourth-order valence-corrected chi connectivity index (χ4v) is 2.92. The minimum Gasteiger partial charge on any atom is -0.0798 e. The maximum absolute atomic E-state index is 2.36. The first-order valence-electron chi connectivity index (χ1n) is 5.82. The summed E-state index contributed by atoms with van der Waals surface area (Å²) >= 11 is 0. The van der Waals surface area contributed by atoms with E-state index >= 15 is 0 Å². The molecule has 2 aliphatic carbocycles. The zero-order chi connectivity index (χ0) is 10.5. The highest BCUT2D eigenvalue weighted by Crippen LogP contribution is 2.40. The summed E-state index contributed by atoms with van der Waals surface area (Å²) in [7, 11) is 0. The first-order valence-corrected chi connectivity index (χ1v) is 5.82. The Labute approximate surface area is 94.9 Å². The van der Waals surface area contributed by atoms with E-state index < -0.39 is 0 Å². The molecule has 0 aliphatic heterocycles. The largest absolute Gasteiger partial charge is 0.0798 e. The van der Waals surface area contributed by atoms with Crippen molar-refractivity contribution >= 4 is 16.3 Å². The van der Waals surface area contributed by atoms with Crippen LogP contribution in [0.2, 0.25) is 0 Å². The van der Waals surface area contributed by atoms with Crippen LogP contribution < -0.4 is 0 Å². The Hall–Kier alpha value is -1.82. The molecule has 0 bridgehead atoms. The van der Waals surface area contributed by atoms with Crippen molar-refractivity contribution < 1.29 is 0 Å². The molecule has 0 radical (unpaired) electrons. The number of rotatable bonds is 0. The Kier molecular flexibility index (Phi) is 1.49. The molecule has 0 nitrogen and oxygen atoms in total. The predicted octanol–water partition coefficient (Wildman–Crippen LogP) is 4.11. The van der Waals surface area contributed by atoms with Crippen molar-refractivity contribution in [3.63, 3.8) is 0 Å². The maximum Gasteiger partial charge on any atom is -0.00166 e. The maximum atomic E-state index is 2.36. The van der Waals surface area contributed by atoms with Crippen LogP contribution in [-0.4, -0.2) is 0 Å². The zero-order valence-electron chi connectivity index (χ0n) is 9.03. The van der Waals surface area contributed by atoms with E-state index in [1.54, 1.807) is 5.57 Å². The molecule has 0 spiro atoms. The van der Waals surface area contributed by atoms with Crippen LogP contribution in [0.3, 0.4) is 0 Å². The van der Waals surface area contributed by atoms with Crippen molar-refractivity contribution in [3.05, 3.63) is 65.3 Å². The summed E-state index contributed by atoms with van der Waals surface area (Å²) in [5, 5.41) is 2.73. The van der Waals surface area contributed by atoms with Gasteiger partial charge in [0.15, 0.2) is 0 Å². The molecule has 2 aromatic rings. The Morgan fingerprint density at radius 1 is 0.938 bits per heavy atom. The van der Waals surface area contributed by atoms with E-state index in [0.717, 1.165) is 12.8 Å². The van der Waals surface area contributed by atoms with Gasteiger partial charge < -0.3 is 0 Å². The fraction of sp³-hybridized carbons (Fsp3) is 0.125. The second kappa shape index (κ2) is 2.85. The van der Waals surface area contributed by atoms with E-state index in [0.29, 0.717) is 0 Å². The van der Waals surface area contributed by atoms with Crippen molar-refractivity contribution in [2.75, 3.05) is 0 Å². The molecule has 0 aromatic heterocycles. The molecule has 0 heterocycles. The molecule has 2 aliphatic rings. The van der Waals surface area contributed by atoms with Crippen molar-refractivity contribution in [1.29, 1.82) is 0 Å². The van der Waals surface area contributed by atoms with E-state index in [4.69, 9.17) is 0 Å². The summed E-state index contributed by atoms with van der Waals surface area (Å²) in [5.41, 5.74) is 6.08. The number of benzene rings is 2. The number of fused-ring (bicyclic) bond motifs is 3. The summed E-state index contributed by atoms with van der Waals surface area (Å²) in [6.45, 7) is 0. The molecular formula is C16H12. The molecule has 0 amide bonds. The predicted molar refractivity (Wildman–Crippen MR) is 68.3 cm³/mol. The second-order valence-electron chi connectivity index (χ2n) is 4.64. The van der Waals surface area contributed by atoms with Crippen molar-refractivity contribution in [3.8, 4) is 0 Å². The summed E-state index contributed by atoms with van der Waals surface area (Å²) in [5.74, 6) is 0. The average Bonchev–Trinajstić information content (AvgIpc) is 2.86. The first kappa shape index (κ1) is 8.35. The molecule has 0 saturated carbocycles. The highest BCUT2D eigenvalue weighted by Gasteiger charge is 2.22. The first-order chi connectivity index (χ1) is 7.92. The highest BCUT2D eigenvalue weighted by atomic mass is 14.3. The van der Waals surface area contributed by atoms with Gasteiger partial charge in [-0.15, -0.1) is 0 Å². The van der Waals surface area contributed by atoms with Gasteiger partial charge in [0.05, 0.1) is 0 Å². The van der Waals surface area contributed by atoms with Crippen LogP contribution in [0, 0.1) is 0 Å². The van der Waals surface area contributed by atoms with Crippen molar-refractivity contribution in [1.82, 2.24) is 0 Å². The monoisotopic (exact) mass is 204 g/mol. The molecule has 16 heavy (non-hydrogen) atoms. The fourth-order valence-electron chi connectivity index (χ4n) is 2.92. The summed E-state index contributed by atoms with van der Waals surface area (Å²) < 4.78 is 0. The second-order valence-corrected chi connectivity index (χ2v) is 4.64.